The van der Waals surface area contributed by atoms with Crippen LogP contribution in [0, 0.1) is 11.3 Å². The monoisotopic (exact) mass is 222 g/mol. The average molecular weight is 223 g/mol. The van der Waals surface area contributed by atoms with Crippen LogP contribution >= 0.6 is 11.6 Å². The molecule has 0 amide bonds. The van der Waals surface area contributed by atoms with Crippen molar-refractivity contribution in [2.75, 3.05) is 5.88 Å². The SMILES string of the molecule is N#C/C(=C(/O)CCCCl)c1ccccn1. The number of aliphatic hydroxyl groups is 1. The van der Waals surface area contributed by atoms with Crippen molar-refractivity contribution in [2.45, 2.75) is 12.8 Å². The van der Waals surface area contributed by atoms with Crippen molar-refractivity contribution in [3.05, 3.63) is 35.8 Å². The van der Waals surface area contributed by atoms with Gasteiger partial charge in [-0.3, -0.25) is 4.98 Å². The van der Waals surface area contributed by atoms with E-state index in [0.717, 1.165) is 0 Å². The molecule has 0 saturated heterocycles. The van der Waals surface area contributed by atoms with Crippen LogP contribution < -0.4 is 0 Å². The summed E-state index contributed by atoms with van der Waals surface area (Å²) in [6.45, 7) is 0. The maximum Gasteiger partial charge on any atom is 0.115 e. The molecule has 0 aliphatic rings. The Morgan fingerprint density at radius 2 is 2.33 bits per heavy atom. The highest BCUT2D eigenvalue weighted by Crippen LogP contribution is 2.17. The Bertz CT molecular complexity index is 381. The number of hydrogen-bond acceptors (Lipinski definition) is 3. The predicted molar refractivity (Wildman–Crippen MR) is 59.4 cm³/mol. The molecule has 0 saturated carbocycles. The molecule has 0 spiro atoms. The summed E-state index contributed by atoms with van der Waals surface area (Å²) >= 11 is 5.51. The molecule has 0 unspecified atom stereocenters. The van der Waals surface area contributed by atoms with Crippen LogP contribution in [0.1, 0.15) is 18.5 Å². The third kappa shape index (κ3) is 3.26. The van der Waals surface area contributed by atoms with Gasteiger partial charge in [-0.2, -0.15) is 5.26 Å². The van der Waals surface area contributed by atoms with Crippen LogP contribution in [0.4, 0.5) is 0 Å². The van der Waals surface area contributed by atoms with Gasteiger partial charge in [0.2, 0.25) is 0 Å². The van der Waals surface area contributed by atoms with Crippen molar-refractivity contribution in [1.82, 2.24) is 4.98 Å². The van der Waals surface area contributed by atoms with Crippen LogP contribution in [-0.2, 0) is 0 Å². The second-order valence-corrected chi connectivity index (χ2v) is 3.32. The van der Waals surface area contributed by atoms with Gasteiger partial charge in [0.25, 0.3) is 0 Å². The second-order valence-electron chi connectivity index (χ2n) is 2.94. The summed E-state index contributed by atoms with van der Waals surface area (Å²) in [5.74, 6) is 0.516. The fourth-order valence-electron chi connectivity index (χ4n) is 1.14. The summed E-state index contributed by atoms with van der Waals surface area (Å²) in [5.41, 5.74) is 0.716. The van der Waals surface area contributed by atoms with Gasteiger partial charge in [0.05, 0.1) is 5.69 Å². The molecule has 1 N–H and O–H groups in total. The maximum atomic E-state index is 9.65. The molecule has 1 heterocycles. The van der Waals surface area contributed by atoms with Crippen molar-refractivity contribution in [1.29, 1.82) is 5.26 Å². The van der Waals surface area contributed by atoms with Crippen molar-refractivity contribution < 1.29 is 5.11 Å². The highest BCUT2D eigenvalue weighted by molar-refractivity contribution is 6.17. The number of aliphatic hydroxyl groups excluding tert-OH is 1. The van der Waals surface area contributed by atoms with E-state index in [4.69, 9.17) is 16.9 Å². The number of pyridine rings is 1. The molecule has 0 aliphatic carbocycles. The van der Waals surface area contributed by atoms with Crippen LogP contribution in [-0.4, -0.2) is 16.0 Å². The van der Waals surface area contributed by atoms with Crippen molar-refractivity contribution >= 4 is 17.2 Å². The number of allylic oxidation sites excluding steroid dienone is 2. The number of nitrogens with zero attached hydrogens (tertiary/aromatic N) is 2. The molecule has 0 bridgehead atoms. The number of aromatic nitrogens is 1. The third-order valence-electron chi connectivity index (χ3n) is 1.87. The number of rotatable bonds is 4. The minimum absolute atomic E-state index is 0.0526. The standard InChI is InChI=1S/C11H11ClN2O/c12-6-3-5-11(15)9(8-13)10-4-1-2-7-14-10/h1-2,4,7,15H,3,5-6H2/b11-9-. The zero-order chi connectivity index (χ0) is 11.1. The van der Waals surface area contributed by atoms with Crippen LogP contribution in [0.5, 0.6) is 0 Å². The molecular formula is C11H11ClN2O. The summed E-state index contributed by atoms with van der Waals surface area (Å²) in [5, 5.41) is 18.6. The van der Waals surface area contributed by atoms with Gasteiger partial charge < -0.3 is 5.11 Å². The van der Waals surface area contributed by atoms with Gasteiger partial charge in [-0.25, -0.2) is 0 Å². The molecule has 78 valence electrons. The van der Waals surface area contributed by atoms with Gasteiger partial charge in [0, 0.05) is 18.5 Å². The maximum absolute atomic E-state index is 9.65. The molecule has 15 heavy (non-hydrogen) atoms. The Morgan fingerprint density at radius 3 is 2.87 bits per heavy atom. The molecule has 1 aromatic heterocycles. The normalized spacial score (nSPS) is 11.7. The summed E-state index contributed by atoms with van der Waals surface area (Å²) in [6, 6.07) is 7.17. The van der Waals surface area contributed by atoms with Crippen LogP contribution in [0.3, 0.4) is 0 Å². The number of nitriles is 1. The molecular weight excluding hydrogens is 212 g/mol. The molecule has 1 rings (SSSR count). The van der Waals surface area contributed by atoms with Gasteiger partial charge in [0.15, 0.2) is 0 Å². The van der Waals surface area contributed by atoms with Gasteiger partial charge in [-0.15, -0.1) is 11.6 Å². The molecule has 0 fully saturated rings. The summed E-state index contributed by atoms with van der Waals surface area (Å²) in [6.07, 6.45) is 2.63. The molecule has 0 radical (unpaired) electrons. The molecule has 0 aromatic carbocycles. The first kappa shape index (κ1) is 11.5. The number of alkyl halides is 1. The van der Waals surface area contributed by atoms with E-state index in [9.17, 15) is 5.11 Å². The van der Waals surface area contributed by atoms with E-state index in [2.05, 4.69) is 4.98 Å². The zero-order valence-corrected chi connectivity index (χ0v) is 8.91. The zero-order valence-electron chi connectivity index (χ0n) is 8.15. The first-order chi connectivity index (χ1) is 7.29. The van der Waals surface area contributed by atoms with E-state index in [1.54, 1.807) is 24.4 Å². The van der Waals surface area contributed by atoms with Crippen LogP contribution in [0.2, 0.25) is 0 Å². The van der Waals surface area contributed by atoms with E-state index < -0.39 is 0 Å². The Labute approximate surface area is 93.6 Å². The molecule has 3 nitrogen and oxygen atoms in total. The lowest BCUT2D eigenvalue weighted by atomic mass is 10.1. The predicted octanol–water partition coefficient (Wildman–Crippen LogP) is 2.89. The largest absolute Gasteiger partial charge is 0.511 e. The highest BCUT2D eigenvalue weighted by atomic mass is 35.5. The average Bonchev–Trinajstić information content (AvgIpc) is 2.29. The summed E-state index contributed by atoms with van der Waals surface area (Å²) in [7, 11) is 0. The topological polar surface area (TPSA) is 56.9 Å². The minimum Gasteiger partial charge on any atom is -0.511 e. The van der Waals surface area contributed by atoms with Crippen LogP contribution in [0.25, 0.3) is 5.57 Å². The number of halogens is 1. The fraction of sp³-hybridized carbons (Fsp3) is 0.273. The van der Waals surface area contributed by atoms with Gasteiger partial charge in [0.1, 0.15) is 17.4 Å². The smallest absolute Gasteiger partial charge is 0.115 e. The summed E-state index contributed by atoms with van der Waals surface area (Å²) < 4.78 is 0. The Balaban J connectivity index is 2.94. The van der Waals surface area contributed by atoms with Gasteiger partial charge >= 0.3 is 0 Å². The van der Waals surface area contributed by atoms with Crippen molar-refractivity contribution in [2.24, 2.45) is 0 Å². The lowest BCUT2D eigenvalue weighted by molar-refractivity contribution is 0.390. The Morgan fingerprint density at radius 1 is 1.53 bits per heavy atom. The van der Waals surface area contributed by atoms with Gasteiger partial charge in [-0.05, 0) is 18.6 Å². The highest BCUT2D eigenvalue weighted by Gasteiger charge is 2.08. The molecule has 4 heteroatoms. The van der Waals surface area contributed by atoms with Crippen molar-refractivity contribution in [3.63, 3.8) is 0 Å². The van der Waals surface area contributed by atoms with E-state index in [1.165, 1.54) is 0 Å². The summed E-state index contributed by atoms with van der Waals surface area (Å²) in [4.78, 5) is 4.01. The fourth-order valence-corrected chi connectivity index (χ4v) is 1.27. The Hall–Kier alpha value is -1.53. The minimum atomic E-state index is 0.0526. The van der Waals surface area contributed by atoms with E-state index in [1.807, 2.05) is 6.07 Å². The van der Waals surface area contributed by atoms with E-state index >= 15 is 0 Å². The third-order valence-corrected chi connectivity index (χ3v) is 2.14. The first-order valence-electron chi connectivity index (χ1n) is 4.59. The van der Waals surface area contributed by atoms with Crippen LogP contribution in [0.15, 0.2) is 30.2 Å². The Kier molecular flexibility index (Phi) is 4.65. The van der Waals surface area contributed by atoms with E-state index in [0.29, 0.717) is 24.4 Å². The second kappa shape index (κ2) is 6.05. The van der Waals surface area contributed by atoms with Crippen molar-refractivity contribution in [3.8, 4) is 6.07 Å². The molecule has 0 aliphatic heterocycles. The van der Waals surface area contributed by atoms with E-state index in [-0.39, 0.29) is 11.3 Å². The molecule has 1 aromatic rings. The lowest BCUT2D eigenvalue weighted by Crippen LogP contribution is -1.93. The first-order valence-corrected chi connectivity index (χ1v) is 5.12. The quantitative estimate of drug-likeness (QED) is 0.484. The van der Waals surface area contributed by atoms with Gasteiger partial charge in [-0.1, -0.05) is 6.07 Å². The number of hydrogen-bond donors (Lipinski definition) is 1. The lowest BCUT2D eigenvalue weighted by Gasteiger charge is -2.02. The molecule has 0 atom stereocenters.